The van der Waals surface area contributed by atoms with Crippen molar-refractivity contribution >= 4 is 69.8 Å². The van der Waals surface area contributed by atoms with Gasteiger partial charge in [-0.25, -0.2) is 0 Å². The first kappa shape index (κ1) is 42.1. The zero-order valence-electron chi connectivity index (χ0n) is 28.0. The molecule has 4 aromatic carbocycles. The molecule has 4 aromatic rings. The van der Waals surface area contributed by atoms with Crippen molar-refractivity contribution in [1.29, 1.82) is 0 Å². The second kappa shape index (κ2) is 19.3. The van der Waals surface area contributed by atoms with Gasteiger partial charge in [0.2, 0.25) is 0 Å². The van der Waals surface area contributed by atoms with Gasteiger partial charge in [0.15, 0.2) is 0 Å². The first-order valence-electron chi connectivity index (χ1n) is 15.3. The van der Waals surface area contributed by atoms with Gasteiger partial charge in [-0.15, -0.1) is 0 Å². The van der Waals surface area contributed by atoms with Crippen LogP contribution in [0.1, 0.15) is 38.8 Å². The fourth-order valence-corrected chi connectivity index (χ4v) is 5.15. The van der Waals surface area contributed by atoms with Crippen LogP contribution in [0.15, 0.2) is 70.6 Å². The molecule has 0 amide bonds. The summed E-state index contributed by atoms with van der Waals surface area (Å²) in [4.78, 5) is 32.5. The van der Waals surface area contributed by atoms with Gasteiger partial charge in [-0.3, -0.25) is 30.2 Å². The first-order valence-corrected chi connectivity index (χ1v) is 16.1. The number of aromatic hydroxyl groups is 4. The van der Waals surface area contributed by atoms with Gasteiger partial charge in [0.25, 0.3) is 11.4 Å². The Morgan fingerprint density at radius 1 is 0.608 bits per heavy atom. The molecule has 0 aliphatic heterocycles. The van der Waals surface area contributed by atoms with E-state index in [4.69, 9.17) is 23.2 Å². The standard InChI is InChI=1S/2C17H18ClN3O4.Fe/c2*1-3-20(4-2)12-6-5-11(16(22)7-12)10-19-14-8-13(18)15(21(24)25)9-17(14)23;/h2*5-10,22-23H,3-4H2,1-2H3;. The maximum Gasteiger partial charge on any atom is 0.291 e. The van der Waals surface area contributed by atoms with Crippen LogP contribution in [-0.2, 0) is 17.1 Å². The van der Waals surface area contributed by atoms with Gasteiger partial charge in [-0.1, -0.05) is 23.2 Å². The monoisotopic (exact) mass is 782 g/mol. The Bertz CT molecular complexity index is 1780. The zero-order valence-corrected chi connectivity index (χ0v) is 30.6. The molecule has 0 saturated heterocycles. The molecule has 0 heterocycles. The average molecular weight is 783 g/mol. The van der Waals surface area contributed by atoms with Gasteiger partial charge in [0.05, 0.1) is 22.0 Å². The van der Waals surface area contributed by atoms with E-state index in [1.165, 1.54) is 24.6 Å². The van der Waals surface area contributed by atoms with E-state index < -0.39 is 21.2 Å². The van der Waals surface area contributed by atoms with E-state index in [0.29, 0.717) is 11.1 Å². The fourth-order valence-electron chi connectivity index (χ4n) is 4.70. The summed E-state index contributed by atoms with van der Waals surface area (Å²) >= 11 is 11.6. The summed E-state index contributed by atoms with van der Waals surface area (Å²) in [6, 6.07) is 14.7. The van der Waals surface area contributed by atoms with Crippen LogP contribution in [0.25, 0.3) is 0 Å². The zero-order chi connectivity index (χ0) is 37.1. The van der Waals surface area contributed by atoms with E-state index in [0.717, 1.165) is 49.7 Å². The molecule has 17 heteroatoms. The summed E-state index contributed by atoms with van der Waals surface area (Å²) in [7, 11) is 0. The number of hydrogen-bond acceptors (Lipinski definition) is 12. The SMILES string of the molecule is CCN(CC)c1ccc(C=Nc2cc(Cl)c([N+](=O)[O-])cc2O)c(O)c1.CCN(CC)c1ccc(C=Nc2cc(Cl)c([N+](=O)[O-])cc2O)c(O)c1.[Fe]. The molecule has 4 rings (SSSR count). The van der Waals surface area contributed by atoms with Crippen molar-refractivity contribution in [1.82, 2.24) is 0 Å². The quantitative estimate of drug-likeness (QED) is 0.0468. The average Bonchev–Trinajstić information content (AvgIpc) is 3.07. The van der Waals surface area contributed by atoms with Gasteiger partial charge in [0.1, 0.15) is 44.4 Å². The van der Waals surface area contributed by atoms with E-state index in [2.05, 4.69) is 19.8 Å². The van der Waals surface area contributed by atoms with E-state index in [1.807, 2.05) is 39.8 Å². The summed E-state index contributed by atoms with van der Waals surface area (Å²) in [5, 5.41) is 61.3. The summed E-state index contributed by atoms with van der Waals surface area (Å²) < 4.78 is 0. The number of aliphatic imine (C=N–C) groups is 2. The minimum Gasteiger partial charge on any atom is -0.507 e. The van der Waals surface area contributed by atoms with E-state index in [1.54, 1.807) is 24.3 Å². The number of nitro benzene ring substituents is 2. The third-order valence-electron chi connectivity index (χ3n) is 7.45. The number of nitrogens with zero attached hydrogens (tertiary/aromatic N) is 6. The molecule has 0 aliphatic carbocycles. The number of halogens is 2. The number of nitro groups is 2. The van der Waals surface area contributed by atoms with Gasteiger partial charge in [0, 0.05) is 90.3 Å². The van der Waals surface area contributed by atoms with E-state index >= 15 is 0 Å². The number of benzene rings is 4. The van der Waals surface area contributed by atoms with E-state index in [9.17, 15) is 40.7 Å². The van der Waals surface area contributed by atoms with Gasteiger partial charge >= 0.3 is 0 Å². The van der Waals surface area contributed by atoms with Crippen LogP contribution in [0.2, 0.25) is 10.0 Å². The Hall–Kier alpha value is -5.08. The Balaban J connectivity index is 0.000000347. The minimum atomic E-state index is -0.687. The van der Waals surface area contributed by atoms with Crippen molar-refractivity contribution in [3.63, 3.8) is 0 Å². The third kappa shape index (κ3) is 11.0. The molecule has 0 atom stereocenters. The van der Waals surface area contributed by atoms with Crippen LogP contribution in [0.3, 0.4) is 0 Å². The smallest absolute Gasteiger partial charge is 0.291 e. The Morgan fingerprint density at radius 2 is 0.941 bits per heavy atom. The predicted molar refractivity (Wildman–Crippen MR) is 197 cm³/mol. The molecule has 0 saturated carbocycles. The molecule has 0 aliphatic rings. The van der Waals surface area contributed by atoms with Crippen molar-refractivity contribution < 1.29 is 47.3 Å². The maximum absolute atomic E-state index is 10.8. The minimum absolute atomic E-state index is 0. The molecular weight excluding hydrogens is 747 g/mol. The second-order valence-electron chi connectivity index (χ2n) is 10.4. The second-order valence-corrected chi connectivity index (χ2v) is 11.3. The normalized spacial score (nSPS) is 10.8. The van der Waals surface area contributed by atoms with Crippen LogP contribution >= 0.6 is 23.2 Å². The topological polar surface area (TPSA) is 198 Å². The van der Waals surface area contributed by atoms with Crippen molar-refractivity contribution in [2.45, 2.75) is 27.7 Å². The van der Waals surface area contributed by atoms with Gasteiger partial charge < -0.3 is 30.2 Å². The number of phenolic OH excluding ortho intramolecular Hbond substituents is 4. The molecule has 4 N–H and O–H groups in total. The van der Waals surface area contributed by atoms with Gasteiger partial charge in [-0.2, -0.15) is 0 Å². The summed E-state index contributed by atoms with van der Waals surface area (Å²) in [6.45, 7) is 11.4. The molecule has 0 radical (unpaired) electrons. The van der Waals surface area contributed by atoms with Crippen LogP contribution in [-0.4, -0.2) is 68.9 Å². The summed E-state index contributed by atoms with van der Waals surface area (Å²) in [5.74, 6) is -0.653. The molecule has 0 spiro atoms. The molecule has 0 unspecified atom stereocenters. The van der Waals surface area contributed by atoms with Crippen molar-refractivity contribution in [3.8, 4) is 23.0 Å². The van der Waals surface area contributed by atoms with Crippen LogP contribution in [0.5, 0.6) is 23.0 Å². The Labute approximate surface area is 314 Å². The molecule has 0 fully saturated rings. The Morgan fingerprint density at radius 3 is 1.22 bits per heavy atom. The van der Waals surface area contributed by atoms with Crippen molar-refractivity contribution in [3.05, 3.63) is 102 Å². The molecule has 51 heavy (non-hydrogen) atoms. The summed E-state index contributed by atoms with van der Waals surface area (Å²) in [6.07, 6.45) is 2.72. The van der Waals surface area contributed by atoms with Crippen molar-refractivity contribution in [2.24, 2.45) is 9.98 Å². The fraction of sp³-hybridized carbons (Fsp3) is 0.235. The number of hydrogen-bond donors (Lipinski definition) is 4. The van der Waals surface area contributed by atoms with Crippen LogP contribution in [0.4, 0.5) is 34.1 Å². The number of anilines is 2. The molecule has 14 nitrogen and oxygen atoms in total. The van der Waals surface area contributed by atoms with Gasteiger partial charge in [-0.05, 0) is 64.1 Å². The summed E-state index contributed by atoms with van der Waals surface area (Å²) in [5.41, 5.74) is 2.02. The molecular formula is C34H36Cl2FeN6O8. The molecule has 272 valence electrons. The maximum atomic E-state index is 10.8. The number of rotatable bonds is 12. The van der Waals surface area contributed by atoms with Crippen LogP contribution in [0, 0.1) is 20.2 Å². The predicted octanol–water partition coefficient (Wildman–Crippen LogP) is 8.51. The van der Waals surface area contributed by atoms with Crippen molar-refractivity contribution in [2.75, 3.05) is 36.0 Å². The molecule has 0 bridgehead atoms. The molecule has 0 aromatic heterocycles. The van der Waals surface area contributed by atoms with E-state index in [-0.39, 0.29) is 61.5 Å². The number of phenols is 4. The first-order chi connectivity index (χ1) is 23.7. The Kier molecular flexibility index (Phi) is 16.0. The van der Waals surface area contributed by atoms with Crippen LogP contribution < -0.4 is 9.80 Å². The third-order valence-corrected chi connectivity index (χ3v) is 8.06. The largest absolute Gasteiger partial charge is 0.507 e.